The number of carbonyl (C=O) groups is 1. The smallest absolute Gasteiger partial charge is 0.206 e. The quantitative estimate of drug-likeness (QED) is 0.0945. The third-order valence-corrected chi connectivity index (χ3v) is 21.1. The van der Waals surface area contributed by atoms with E-state index in [0.717, 1.165) is 68.2 Å². The number of fused-ring (bicyclic) bond motifs is 10. The number of ketones is 1. The minimum atomic E-state index is -1.19. The number of hydrazone groups is 1. The third-order valence-electron chi connectivity index (χ3n) is 21.1. The molecule has 316 valence electrons. The number of guanidine groups is 1. The summed E-state index contributed by atoms with van der Waals surface area (Å²) in [6, 6.07) is 3.72. The molecule has 0 bridgehead atoms. The van der Waals surface area contributed by atoms with Crippen LogP contribution in [0.15, 0.2) is 51.1 Å². The number of nitrogens with one attached hydrogen (secondary N) is 2. The molecule has 2 heterocycles. The summed E-state index contributed by atoms with van der Waals surface area (Å²) >= 11 is 0. The van der Waals surface area contributed by atoms with Crippen LogP contribution in [-0.4, -0.2) is 49.1 Å². The number of rotatable bonds is 4. The van der Waals surface area contributed by atoms with Crippen LogP contribution >= 0.6 is 0 Å². The second-order valence-electron chi connectivity index (χ2n) is 21.9. The largest absolute Gasteiger partial charge is 0.472 e. The van der Waals surface area contributed by atoms with E-state index in [-0.39, 0.29) is 57.7 Å². The van der Waals surface area contributed by atoms with Crippen molar-refractivity contribution in [2.24, 2.45) is 73.4 Å². The number of furan rings is 2. The monoisotopic (exact) mass is 798 g/mol. The minimum absolute atomic E-state index is 0.0173. The summed E-state index contributed by atoms with van der Waals surface area (Å²) in [4.78, 5) is 14.3. The number of Topliss-reactive ketones (excluding diaryl/α,β-unsaturated/α-hetero) is 1. The second kappa shape index (κ2) is 12.3. The number of hydrogen-bond donors (Lipinski definition) is 7. The lowest BCUT2D eigenvalue weighted by Crippen LogP contribution is -2.71. The topological polar surface area (TPSA) is 199 Å². The molecule has 15 atom stereocenters. The van der Waals surface area contributed by atoms with Gasteiger partial charge in [-0.25, -0.2) is 5.43 Å². The van der Waals surface area contributed by atoms with Gasteiger partial charge in [0.05, 0.1) is 36.3 Å². The Morgan fingerprint density at radius 2 is 1.31 bits per heavy atom. The average Bonchev–Trinajstić information content (AvgIpc) is 4.00. The van der Waals surface area contributed by atoms with Crippen molar-refractivity contribution >= 4 is 17.5 Å². The summed E-state index contributed by atoms with van der Waals surface area (Å²) in [6.07, 6.45) is 18.4. The highest BCUT2D eigenvalue weighted by Crippen LogP contribution is 2.80. The van der Waals surface area contributed by atoms with Gasteiger partial charge in [-0.2, -0.15) is 5.10 Å². The molecule has 0 radical (unpaired) electrons. The third kappa shape index (κ3) is 4.47. The van der Waals surface area contributed by atoms with E-state index in [0.29, 0.717) is 63.6 Å². The summed E-state index contributed by atoms with van der Waals surface area (Å²) in [5.41, 5.74) is 4.21. The van der Waals surface area contributed by atoms with Crippen molar-refractivity contribution in [3.63, 3.8) is 0 Å². The van der Waals surface area contributed by atoms with E-state index in [9.17, 15) is 25.2 Å². The molecule has 8 aliphatic carbocycles. The van der Waals surface area contributed by atoms with Crippen LogP contribution in [0.1, 0.15) is 148 Å². The molecule has 8 saturated carbocycles. The highest BCUT2D eigenvalue weighted by Gasteiger charge is 2.78. The number of hydrogen-bond acceptors (Lipinski definition) is 9. The van der Waals surface area contributed by atoms with Crippen LogP contribution in [0.5, 0.6) is 0 Å². The molecular formula is C47H66N4O7. The molecule has 0 amide bonds. The predicted octanol–water partition coefficient (Wildman–Crippen LogP) is 7.27. The van der Waals surface area contributed by atoms with E-state index >= 15 is 0 Å². The van der Waals surface area contributed by atoms with Crippen LogP contribution in [0.25, 0.3) is 0 Å². The van der Waals surface area contributed by atoms with Gasteiger partial charge >= 0.3 is 0 Å². The van der Waals surface area contributed by atoms with Crippen LogP contribution in [0.4, 0.5) is 0 Å². The predicted molar refractivity (Wildman–Crippen MR) is 217 cm³/mol. The van der Waals surface area contributed by atoms with Crippen molar-refractivity contribution in [2.75, 3.05) is 0 Å². The Kier molecular flexibility index (Phi) is 8.32. The SMILES string of the molecule is C[C@]12C(CC[C@@H]3[C@H]1CC[C@]1(C)C(O)(c4ccoc4)CC[C@@]31O)CC(=O)CC2C12CC[C@@H]3[C@@H](CC[C@]4(C)C(O)(c5ccoc5)CC[C@@]34O)[C@@]1(C)CCC(=NNC(=N)N)C2. The Morgan fingerprint density at radius 1 is 0.741 bits per heavy atom. The minimum Gasteiger partial charge on any atom is -0.472 e. The fourth-order valence-corrected chi connectivity index (χ4v) is 17.9. The van der Waals surface area contributed by atoms with Crippen LogP contribution < -0.4 is 11.2 Å². The summed E-state index contributed by atoms with van der Waals surface area (Å²) < 4.78 is 11.0. The molecule has 0 aliphatic heterocycles. The molecule has 2 aromatic heterocycles. The van der Waals surface area contributed by atoms with Gasteiger partial charge in [0.2, 0.25) is 5.96 Å². The van der Waals surface area contributed by atoms with E-state index in [2.05, 4.69) is 33.1 Å². The van der Waals surface area contributed by atoms with E-state index in [4.69, 9.17) is 25.1 Å². The van der Waals surface area contributed by atoms with Crippen LogP contribution in [0.3, 0.4) is 0 Å². The molecule has 5 unspecified atom stereocenters. The number of nitrogens with two attached hydrogens (primary N) is 1. The first-order chi connectivity index (χ1) is 27.4. The molecule has 0 aromatic carbocycles. The van der Waals surface area contributed by atoms with Gasteiger partial charge in [0.1, 0.15) is 17.0 Å². The first kappa shape index (κ1) is 39.2. The Balaban J connectivity index is 1.07. The summed E-state index contributed by atoms with van der Waals surface area (Å²) in [5, 5.41) is 64.2. The molecule has 2 aromatic rings. The first-order valence-corrected chi connectivity index (χ1v) is 22.5. The molecule has 11 heteroatoms. The molecule has 8 fully saturated rings. The van der Waals surface area contributed by atoms with Crippen LogP contribution in [0, 0.1) is 68.0 Å². The molecule has 8 N–H and O–H groups in total. The maximum Gasteiger partial charge on any atom is 0.206 e. The van der Waals surface area contributed by atoms with E-state index in [1.807, 2.05) is 12.1 Å². The van der Waals surface area contributed by atoms with E-state index in [1.165, 1.54) is 0 Å². The first-order valence-electron chi connectivity index (χ1n) is 22.5. The fourth-order valence-electron chi connectivity index (χ4n) is 17.9. The van der Waals surface area contributed by atoms with Crippen molar-refractivity contribution in [3.8, 4) is 0 Å². The van der Waals surface area contributed by atoms with Crippen LogP contribution in [0.2, 0.25) is 0 Å². The number of nitrogens with zero attached hydrogens (tertiary/aromatic N) is 1. The summed E-state index contributed by atoms with van der Waals surface area (Å²) in [6.45, 7) is 9.19. The Morgan fingerprint density at radius 3 is 1.88 bits per heavy atom. The maximum atomic E-state index is 14.3. The zero-order valence-electron chi connectivity index (χ0n) is 35.0. The molecule has 10 rings (SSSR count). The van der Waals surface area contributed by atoms with Crippen molar-refractivity contribution in [3.05, 3.63) is 48.3 Å². The molecule has 58 heavy (non-hydrogen) atoms. The number of carbonyl (C=O) groups excluding carboxylic acids is 1. The maximum absolute atomic E-state index is 14.3. The van der Waals surface area contributed by atoms with Gasteiger partial charge in [-0.15, -0.1) is 0 Å². The highest BCUT2D eigenvalue weighted by molar-refractivity contribution is 5.88. The zero-order valence-corrected chi connectivity index (χ0v) is 35.0. The second-order valence-corrected chi connectivity index (χ2v) is 21.9. The van der Waals surface area contributed by atoms with Gasteiger partial charge < -0.3 is 35.0 Å². The van der Waals surface area contributed by atoms with Crippen molar-refractivity contribution in [1.82, 2.24) is 5.43 Å². The van der Waals surface area contributed by atoms with Gasteiger partial charge in [-0.3, -0.25) is 10.2 Å². The lowest BCUT2D eigenvalue weighted by Gasteiger charge is -2.73. The van der Waals surface area contributed by atoms with Crippen molar-refractivity contribution < 1.29 is 34.1 Å². The highest BCUT2D eigenvalue weighted by atomic mass is 16.3. The average molecular weight is 799 g/mol. The molecule has 0 spiro atoms. The van der Waals surface area contributed by atoms with Gasteiger partial charge in [0.15, 0.2) is 0 Å². The fraction of sp³-hybridized carbons (Fsp3) is 0.766. The lowest BCUT2D eigenvalue weighted by atomic mass is 9.31. The molecular weight excluding hydrogens is 733 g/mol. The van der Waals surface area contributed by atoms with Gasteiger partial charge in [0, 0.05) is 40.5 Å². The molecule has 8 aliphatic rings. The number of aliphatic hydroxyl groups is 4. The zero-order chi connectivity index (χ0) is 40.9. The van der Waals surface area contributed by atoms with E-state index < -0.39 is 33.2 Å². The van der Waals surface area contributed by atoms with Crippen LogP contribution in [-0.2, 0) is 16.0 Å². The van der Waals surface area contributed by atoms with E-state index in [1.54, 1.807) is 25.1 Å². The lowest BCUT2D eigenvalue weighted by molar-refractivity contribution is -0.280. The Labute approximate surface area is 342 Å². The molecule has 0 saturated heterocycles. The van der Waals surface area contributed by atoms with Crippen molar-refractivity contribution in [1.29, 1.82) is 5.41 Å². The van der Waals surface area contributed by atoms with Gasteiger partial charge in [-0.05, 0) is 160 Å². The normalized spacial score (nSPS) is 52.8. The standard InChI is InChI=1S/C47H66N4O7/c1-39-13-7-31(50-51-38(48)49)25-43(39,16-10-36-33(39)8-14-40(2)44(53,18-20-47(36,40)56)29-11-21-57-26-29)37-24-32(52)23-28-5-6-35-34(42(28,37)4)9-15-41(3)45(54,17-19-46(35,41)55)30-12-22-58-27-30/h11-12,21-22,26-28,33-37,53-56H,5-10,13-20,23-25H2,1-4H3,(H4,48,49,51)/t28?,33-,34-,35-,36-,37?,39-,40-,41-,42+,43?,44?,45?,46-,47-/m1/s1. The molecule has 11 nitrogen and oxygen atoms in total. The Bertz CT molecular complexity index is 2020. The van der Waals surface area contributed by atoms with Gasteiger partial charge in [0.25, 0.3) is 0 Å². The Hall–Kier alpha value is -2.99. The summed E-state index contributed by atoms with van der Waals surface area (Å²) in [7, 11) is 0. The van der Waals surface area contributed by atoms with Crippen molar-refractivity contribution in [2.45, 2.75) is 159 Å². The summed E-state index contributed by atoms with van der Waals surface area (Å²) in [5.74, 6) is 0.650. The van der Waals surface area contributed by atoms with Gasteiger partial charge in [-0.1, -0.05) is 27.7 Å².